The lowest BCUT2D eigenvalue weighted by atomic mass is 9.69. The molecule has 0 bridgehead atoms. The van der Waals surface area contributed by atoms with Crippen LogP contribution in [0.3, 0.4) is 0 Å². The molecular formula is C58H70F8N6O8Si2. The van der Waals surface area contributed by atoms with E-state index in [1.165, 1.54) is 39.6 Å². The number of aromatic nitrogens is 6. The van der Waals surface area contributed by atoms with Crippen molar-refractivity contribution in [3.63, 3.8) is 0 Å². The molecule has 24 heteroatoms. The van der Waals surface area contributed by atoms with Crippen molar-refractivity contribution < 1.29 is 73.5 Å². The Morgan fingerprint density at radius 1 is 0.622 bits per heavy atom. The zero-order valence-electron chi connectivity index (χ0n) is 47.5. The quantitative estimate of drug-likeness (QED) is 0.0280. The van der Waals surface area contributed by atoms with Gasteiger partial charge in [-0.05, 0) is 105 Å². The van der Waals surface area contributed by atoms with Crippen LogP contribution in [0.15, 0.2) is 73.3 Å². The van der Waals surface area contributed by atoms with E-state index < -0.39 is 68.3 Å². The number of hydrogen-bond donors (Lipinski definition) is 1. The largest absolute Gasteiger partial charge is 0.481 e. The first kappa shape index (κ1) is 63.1. The zero-order chi connectivity index (χ0) is 60.0. The molecule has 4 heterocycles. The molecule has 2 fully saturated rings. The number of alkyl halides is 6. The Bertz CT molecular complexity index is 3220. The van der Waals surface area contributed by atoms with Crippen LogP contribution in [0.1, 0.15) is 68.0 Å². The molecule has 0 saturated heterocycles. The van der Waals surface area contributed by atoms with Gasteiger partial charge in [-0.1, -0.05) is 64.3 Å². The second-order valence-corrected chi connectivity index (χ2v) is 34.7. The van der Waals surface area contributed by atoms with Crippen LogP contribution in [-0.2, 0) is 49.6 Å². The Morgan fingerprint density at radius 2 is 1.02 bits per heavy atom. The van der Waals surface area contributed by atoms with Crippen molar-refractivity contribution in [3.05, 3.63) is 107 Å². The van der Waals surface area contributed by atoms with Crippen LogP contribution in [-0.4, -0.2) is 95.3 Å². The van der Waals surface area contributed by atoms with Gasteiger partial charge in [-0.3, -0.25) is 9.59 Å². The van der Waals surface area contributed by atoms with Crippen LogP contribution in [0.5, 0.6) is 11.8 Å². The first-order valence-corrected chi connectivity index (χ1v) is 34.5. The maximum atomic E-state index is 15.4. The molecule has 2 aliphatic rings. The summed E-state index contributed by atoms with van der Waals surface area (Å²) >= 11 is 0. The van der Waals surface area contributed by atoms with E-state index in [0.29, 0.717) is 79.2 Å². The summed E-state index contributed by atoms with van der Waals surface area (Å²) in [7, 11) is -2.79. The van der Waals surface area contributed by atoms with Gasteiger partial charge in [0, 0.05) is 77.4 Å². The fourth-order valence-electron chi connectivity index (χ4n) is 9.11. The molecule has 1 N–H and O–H groups in total. The molecule has 2 saturated carbocycles. The lowest BCUT2D eigenvalue weighted by Gasteiger charge is -2.38. The number of carboxylic acids is 1. The van der Waals surface area contributed by atoms with Gasteiger partial charge >= 0.3 is 24.3 Å². The van der Waals surface area contributed by atoms with Gasteiger partial charge in [0.1, 0.15) is 60.8 Å². The lowest BCUT2D eigenvalue weighted by molar-refractivity contribution is -0.164. The van der Waals surface area contributed by atoms with Gasteiger partial charge in [-0.2, -0.15) is 26.3 Å². The maximum Gasteiger partial charge on any atom is 0.434 e. The number of aliphatic carboxylic acids is 1. The summed E-state index contributed by atoms with van der Waals surface area (Å²) < 4.78 is 142. The van der Waals surface area contributed by atoms with Crippen LogP contribution < -0.4 is 9.47 Å². The SMILES string of the molecule is CCOC(=O)C1(COc2cc(C)c(-c3ccc(-c4nc(C(F)(F)F)cn4COCC[Si](C)(C)C)c(F)c3)cn2)CCC1.Cc1cc(OCC2(C(=O)O)CCC2)ncc1-c1ccc(-c2nc(C(F)(F)F)cn2COCC[Si](C)(C)C)c(F)c1. The summed E-state index contributed by atoms with van der Waals surface area (Å²) in [5.74, 6) is -2.35. The minimum absolute atomic E-state index is 0.0197. The molecule has 0 atom stereocenters. The monoisotopic (exact) mass is 1190 g/mol. The van der Waals surface area contributed by atoms with Gasteiger partial charge in [0.25, 0.3) is 0 Å². The molecule has 4 aromatic heterocycles. The molecule has 0 aliphatic heterocycles. The van der Waals surface area contributed by atoms with Gasteiger partial charge in [0.2, 0.25) is 11.8 Å². The van der Waals surface area contributed by atoms with E-state index in [0.717, 1.165) is 42.9 Å². The Labute approximate surface area is 473 Å². The van der Waals surface area contributed by atoms with Gasteiger partial charge in [-0.15, -0.1) is 0 Å². The van der Waals surface area contributed by atoms with Crippen LogP contribution in [0.4, 0.5) is 35.1 Å². The number of hydrogen-bond acceptors (Lipinski definition) is 11. The number of ether oxygens (including phenoxy) is 5. The van der Waals surface area contributed by atoms with E-state index in [9.17, 15) is 41.0 Å². The van der Waals surface area contributed by atoms with Crippen molar-refractivity contribution in [3.8, 4) is 56.8 Å². The third-order valence-electron chi connectivity index (χ3n) is 14.6. The highest BCUT2D eigenvalue weighted by Gasteiger charge is 2.47. The molecular weight excluding hydrogens is 1120 g/mol. The number of carbonyl (C=O) groups is 2. The molecule has 0 amide bonds. The normalized spacial score (nSPS) is 15.0. The minimum Gasteiger partial charge on any atom is -0.481 e. The molecule has 0 radical (unpaired) electrons. The molecule has 2 aromatic carbocycles. The first-order chi connectivity index (χ1) is 38.4. The van der Waals surface area contributed by atoms with Gasteiger partial charge in [0.05, 0.1) is 17.7 Å². The Kier molecular flexibility index (Phi) is 19.7. The summed E-state index contributed by atoms with van der Waals surface area (Å²) in [5.41, 5.74) is -0.265. The van der Waals surface area contributed by atoms with Gasteiger partial charge in [0.15, 0.2) is 11.4 Å². The van der Waals surface area contributed by atoms with Crippen molar-refractivity contribution in [2.75, 3.05) is 33.0 Å². The van der Waals surface area contributed by atoms with Crippen molar-refractivity contribution >= 4 is 28.1 Å². The summed E-state index contributed by atoms with van der Waals surface area (Å²) in [6.45, 7) is 19.3. The topological polar surface area (TPSA) is 162 Å². The number of esters is 1. The lowest BCUT2D eigenvalue weighted by Crippen LogP contribution is -2.44. The number of aryl methyl sites for hydroxylation is 2. The molecule has 444 valence electrons. The predicted molar refractivity (Wildman–Crippen MR) is 297 cm³/mol. The van der Waals surface area contributed by atoms with E-state index in [-0.39, 0.29) is 61.3 Å². The third-order valence-corrected chi connectivity index (χ3v) is 18.0. The van der Waals surface area contributed by atoms with Crippen LogP contribution in [0, 0.1) is 36.3 Å². The van der Waals surface area contributed by atoms with Crippen LogP contribution in [0.2, 0.25) is 51.4 Å². The predicted octanol–water partition coefficient (Wildman–Crippen LogP) is 14.5. The average molecular weight is 1190 g/mol. The highest BCUT2D eigenvalue weighted by molar-refractivity contribution is 6.76. The van der Waals surface area contributed by atoms with Crippen molar-refractivity contribution in [1.82, 2.24) is 29.1 Å². The van der Waals surface area contributed by atoms with E-state index in [1.807, 2.05) is 6.92 Å². The molecule has 0 spiro atoms. The molecule has 8 rings (SSSR count). The second kappa shape index (κ2) is 25.5. The summed E-state index contributed by atoms with van der Waals surface area (Å²) in [6.07, 6.45) is -0.374. The Balaban J connectivity index is 0.000000236. The van der Waals surface area contributed by atoms with Crippen molar-refractivity contribution in [1.29, 1.82) is 0 Å². The van der Waals surface area contributed by atoms with Gasteiger partial charge < -0.3 is 37.9 Å². The standard InChI is InChI=1S/C30H37F4N3O4Si.C28H33F4N3O4Si/c1-6-40-28(38)29(10-7-11-29)18-41-26-14-20(2)23(16-35-26)21-8-9-22(24(31)15-21)27-36-25(30(32,33)34)17-37(27)19-39-12-13-42(3,4)5;1-18-12-24(39-16-27(26(36)37)8-5-9-27)33-14-21(18)19-6-7-20(22(29)13-19)25-34-23(28(30,31)32)15-35(25)17-38-10-11-40(2,3)4/h8-9,14-17H,6-7,10-13,18-19H2,1-5H3;6-7,12-15H,5,8-11,16-17H2,1-4H3,(H,36,37). The maximum absolute atomic E-state index is 15.4. The number of halogens is 8. The molecule has 0 unspecified atom stereocenters. The number of pyridine rings is 2. The zero-order valence-corrected chi connectivity index (χ0v) is 49.5. The second-order valence-electron chi connectivity index (χ2n) is 23.5. The fourth-order valence-corrected chi connectivity index (χ4v) is 10.6. The van der Waals surface area contributed by atoms with E-state index in [2.05, 4.69) is 59.2 Å². The summed E-state index contributed by atoms with van der Waals surface area (Å²) in [6, 6.07) is 13.5. The Morgan fingerprint density at radius 3 is 1.34 bits per heavy atom. The number of imidazole rings is 2. The molecule has 2 aliphatic carbocycles. The number of rotatable bonds is 23. The van der Waals surface area contributed by atoms with Gasteiger partial charge in [-0.25, -0.2) is 28.7 Å². The Hall–Kier alpha value is -6.51. The molecule has 82 heavy (non-hydrogen) atoms. The summed E-state index contributed by atoms with van der Waals surface area (Å²) in [5, 5.41) is 9.48. The van der Waals surface area contributed by atoms with E-state index in [1.54, 1.807) is 44.3 Å². The van der Waals surface area contributed by atoms with Crippen LogP contribution >= 0.6 is 0 Å². The van der Waals surface area contributed by atoms with Crippen molar-refractivity contribution in [2.45, 2.75) is 136 Å². The number of carbonyl (C=O) groups excluding carboxylic acids is 1. The first-order valence-electron chi connectivity index (χ1n) is 27.1. The highest BCUT2D eigenvalue weighted by atomic mass is 28.3. The smallest absolute Gasteiger partial charge is 0.434 e. The number of nitrogens with zero attached hydrogens (tertiary/aromatic N) is 6. The molecule has 6 aromatic rings. The number of carboxylic acid groups (broad SMARTS) is 1. The minimum atomic E-state index is -4.69. The number of benzene rings is 2. The molecule has 14 nitrogen and oxygen atoms in total. The van der Waals surface area contributed by atoms with Crippen LogP contribution in [0.25, 0.3) is 45.0 Å². The third kappa shape index (κ3) is 15.8. The van der Waals surface area contributed by atoms with Crippen molar-refractivity contribution in [2.24, 2.45) is 10.8 Å². The average Bonchev–Trinajstić information content (AvgIpc) is 3.99. The highest BCUT2D eigenvalue weighted by Crippen LogP contribution is 2.44. The van der Waals surface area contributed by atoms with E-state index >= 15 is 8.78 Å². The van der Waals surface area contributed by atoms with E-state index in [4.69, 9.17) is 23.7 Å². The fraction of sp³-hybridized carbons (Fsp3) is 0.483. The summed E-state index contributed by atoms with van der Waals surface area (Å²) in [4.78, 5) is 40.0.